The van der Waals surface area contributed by atoms with Crippen LogP contribution in [0.25, 0.3) is 0 Å². The summed E-state index contributed by atoms with van der Waals surface area (Å²) in [6.45, 7) is 2.24. The second kappa shape index (κ2) is 9.69. The Morgan fingerprint density at radius 3 is 2.18 bits per heavy atom. The summed E-state index contributed by atoms with van der Waals surface area (Å²) in [5.41, 5.74) is 2.96. The van der Waals surface area contributed by atoms with Gasteiger partial charge in [-0.1, -0.05) is 49.4 Å². The van der Waals surface area contributed by atoms with Gasteiger partial charge < -0.3 is 9.64 Å². The van der Waals surface area contributed by atoms with Gasteiger partial charge in [0.05, 0.1) is 19.2 Å². The lowest BCUT2D eigenvalue weighted by molar-refractivity contribution is -0.122. The molecule has 0 bridgehead atoms. The molecule has 33 heavy (non-hydrogen) atoms. The number of benzene rings is 3. The second-order valence-corrected chi connectivity index (χ2v) is 7.95. The van der Waals surface area contributed by atoms with Gasteiger partial charge in [-0.3, -0.25) is 14.4 Å². The third-order valence-corrected chi connectivity index (χ3v) is 5.90. The number of carbonyl (C=O) groups excluding carboxylic acids is 3. The lowest BCUT2D eigenvalue weighted by Crippen LogP contribution is -2.45. The number of imide groups is 1. The minimum atomic E-state index is -0.877. The first-order valence-corrected chi connectivity index (χ1v) is 11.0. The Labute approximate surface area is 193 Å². The molecule has 0 N–H and O–H groups in total. The highest BCUT2D eigenvalue weighted by Crippen LogP contribution is 2.28. The molecule has 1 aliphatic heterocycles. The molecule has 0 unspecified atom stereocenters. The molecule has 1 atom stereocenters. The minimum absolute atomic E-state index is 0.0525. The van der Waals surface area contributed by atoms with Crippen LogP contribution in [0, 0.1) is 0 Å². The van der Waals surface area contributed by atoms with Crippen LogP contribution in [0.1, 0.15) is 34.8 Å². The molecule has 0 radical (unpaired) electrons. The van der Waals surface area contributed by atoms with Gasteiger partial charge in [0, 0.05) is 12.1 Å². The third kappa shape index (κ3) is 4.65. The molecule has 1 heterocycles. The van der Waals surface area contributed by atoms with Crippen molar-refractivity contribution in [1.82, 2.24) is 4.90 Å². The predicted octanol–water partition coefficient (Wildman–Crippen LogP) is 4.23. The Hall–Kier alpha value is -3.93. The maximum Gasteiger partial charge on any atom is 0.257 e. The summed E-state index contributed by atoms with van der Waals surface area (Å²) >= 11 is 0. The van der Waals surface area contributed by atoms with Gasteiger partial charge in [0.2, 0.25) is 5.91 Å². The Kier molecular flexibility index (Phi) is 6.54. The van der Waals surface area contributed by atoms with Crippen molar-refractivity contribution in [3.63, 3.8) is 0 Å². The van der Waals surface area contributed by atoms with Crippen LogP contribution in [-0.2, 0) is 22.6 Å². The van der Waals surface area contributed by atoms with Crippen LogP contribution >= 0.6 is 0 Å². The lowest BCUT2D eigenvalue weighted by atomic mass is 10.1. The van der Waals surface area contributed by atoms with E-state index in [2.05, 4.69) is 0 Å². The second-order valence-electron chi connectivity index (χ2n) is 7.95. The van der Waals surface area contributed by atoms with Crippen molar-refractivity contribution in [3.05, 3.63) is 95.6 Å². The number of methoxy groups -OCH3 is 1. The highest BCUT2D eigenvalue weighted by Gasteiger charge is 2.44. The number of carbonyl (C=O) groups is 3. The number of aryl methyl sites for hydroxylation is 1. The zero-order valence-corrected chi connectivity index (χ0v) is 18.7. The van der Waals surface area contributed by atoms with Crippen molar-refractivity contribution >= 4 is 23.4 Å². The van der Waals surface area contributed by atoms with Gasteiger partial charge in [-0.05, 0) is 53.9 Å². The Bertz CT molecular complexity index is 1140. The molecule has 3 aromatic rings. The van der Waals surface area contributed by atoms with Crippen LogP contribution in [0.15, 0.2) is 78.9 Å². The third-order valence-electron chi connectivity index (χ3n) is 5.90. The molecule has 0 aliphatic carbocycles. The van der Waals surface area contributed by atoms with Crippen molar-refractivity contribution < 1.29 is 19.1 Å². The van der Waals surface area contributed by atoms with E-state index in [1.165, 1.54) is 9.80 Å². The summed E-state index contributed by atoms with van der Waals surface area (Å²) in [5.74, 6) is -0.286. The summed E-state index contributed by atoms with van der Waals surface area (Å²) in [6.07, 6.45) is 0.815. The number of hydrogen-bond acceptors (Lipinski definition) is 4. The maximum atomic E-state index is 13.5. The van der Waals surface area contributed by atoms with E-state index in [-0.39, 0.29) is 30.7 Å². The molecule has 0 aromatic heterocycles. The summed E-state index contributed by atoms with van der Waals surface area (Å²) in [4.78, 5) is 42.5. The lowest BCUT2D eigenvalue weighted by Gasteiger charge is -2.28. The fraction of sp³-hybridized carbons (Fsp3) is 0.222. The SMILES string of the molecule is CCc1ccc(N2C(=O)C[C@@H](N(Cc3ccc(OC)cc3)C(=O)c3ccccc3)C2=O)cc1. The quantitative estimate of drug-likeness (QED) is 0.514. The highest BCUT2D eigenvalue weighted by molar-refractivity contribution is 6.23. The fourth-order valence-electron chi connectivity index (χ4n) is 4.01. The van der Waals surface area contributed by atoms with Crippen molar-refractivity contribution in [2.24, 2.45) is 0 Å². The van der Waals surface area contributed by atoms with Crippen molar-refractivity contribution in [3.8, 4) is 5.75 Å². The average molecular weight is 443 g/mol. The van der Waals surface area contributed by atoms with Gasteiger partial charge in [0.15, 0.2) is 0 Å². The van der Waals surface area contributed by atoms with Gasteiger partial charge in [0.1, 0.15) is 11.8 Å². The number of anilines is 1. The summed E-state index contributed by atoms with van der Waals surface area (Å²) in [6, 6.07) is 22.7. The number of nitrogens with zero attached hydrogens (tertiary/aromatic N) is 2. The van der Waals surface area contributed by atoms with Crippen LogP contribution in [0.3, 0.4) is 0 Å². The number of amides is 3. The van der Waals surface area contributed by atoms with Crippen LogP contribution in [0.5, 0.6) is 5.75 Å². The van der Waals surface area contributed by atoms with Gasteiger partial charge in [-0.15, -0.1) is 0 Å². The molecule has 1 fully saturated rings. The molecule has 6 heteroatoms. The average Bonchev–Trinajstić information content (AvgIpc) is 3.16. The largest absolute Gasteiger partial charge is 0.497 e. The maximum absolute atomic E-state index is 13.5. The molecule has 6 nitrogen and oxygen atoms in total. The Balaban J connectivity index is 1.65. The predicted molar refractivity (Wildman–Crippen MR) is 126 cm³/mol. The molecular weight excluding hydrogens is 416 g/mol. The van der Waals surface area contributed by atoms with E-state index in [1.54, 1.807) is 43.5 Å². The van der Waals surface area contributed by atoms with E-state index >= 15 is 0 Å². The topological polar surface area (TPSA) is 66.9 Å². The van der Waals surface area contributed by atoms with Crippen LogP contribution < -0.4 is 9.64 Å². The molecule has 168 valence electrons. The van der Waals surface area contributed by atoms with Crippen LogP contribution in [-0.4, -0.2) is 35.8 Å². The fourth-order valence-corrected chi connectivity index (χ4v) is 4.01. The molecule has 1 aliphatic rings. The molecule has 3 aromatic carbocycles. The first kappa shape index (κ1) is 22.3. The van der Waals surface area contributed by atoms with Crippen LogP contribution in [0.2, 0.25) is 0 Å². The summed E-state index contributed by atoms with van der Waals surface area (Å²) in [5, 5.41) is 0. The first-order valence-electron chi connectivity index (χ1n) is 11.0. The normalized spacial score (nSPS) is 15.6. The Morgan fingerprint density at radius 1 is 0.939 bits per heavy atom. The Morgan fingerprint density at radius 2 is 1.58 bits per heavy atom. The van der Waals surface area contributed by atoms with Gasteiger partial charge in [-0.25, -0.2) is 4.90 Å². The van der Waals surface area contributed by atoms with E-state index in [1.807, 2.05) is 49.4 Å². The molecule has 0 saturated carbocycles. The molecule has 0 spiro atoms. The van der Waals surface area contributed by atoms with E-state index in [9.17, 15) is 14.4 Å². The summed E-state index contributed by atoms with van der Waals surface area (Å²) < 4.78 is 5.22. The molecule has 3 amide bonds. The highest BCUT2D eigenvalue weighted by atomic mass is 16.5. The summed E-state index contributed by atoms with van der Waals surface area (Å²) in [7, 11) is 1.59. The zero-order valence-electron chi connectivity index (χ0n) is 18.7. The number of ether oxygens (including phenoxy) is 1. The smallest absolute Gasteiger partial charge is 0.257 e. The number of rotatable bonds is 7. The van der Waals surface area contributed by atoms with E-state index in [0.717, 1.165) is 17.5 Å². The molecule has 4 rings (SSSR count). The van der Waals surface area contributed by atoms with Gasteiger partial charge in [0.25, 0.3) is 11.8 Å². The first-order chi connectivity index (χ1) is 16.0. The van der Waals surface area contributed by atoms with Crippen molar-refractivity contribution in [1.29, 1.82) is 0 Å². The van der Waals surface area contributed by atoms with E-state index in [0.29, 0.717) is 17.0 Å². The molecular formula is C27H26N2O4. The van der Waals surface area contributed by atoms with E-state index in [4.69, 9.17) is 4.74 Å². The van der Waals surface area contributed by atoms with Gasteiger partial charge >= 0.3 is 0 Å². The zero-order chi connectivity index (χ0) is 23.4. The van der Waals surface area contributed by atoms with Crippen molar-refractivity contribution in [2.45, 2.75) is 32.4 Å². The van der Waals surface area contributed by atoms with Crippen molar-refractivity contribution in [2.75, 3.05) is 12.0 Å². The minimum Gasteiger partial charge on any atom is -0.497 e. The molecule has 1 saturated heterocycles. The van der Waals surface area contributed by atoms with Gasteiger partial charge in [-0.2, -0.15) is 0 Å². The monoisotopic (exact) mass is 442 g/mol. The van der Waals surface area contributed by atoms with E-state index < -0.39 is 6.04 Å². The standard InChI is InChI=1S/C27H26N2O4/c1-3-19-9-13-22(14-10-19)29-25(30)17-24(27(29)32)28(26(31)21-7-5-4-6-8-21)18-20-11-15-23(33-2)16-12-20/h4-16,24H,3,17-18H2,1-2H3/t24-/m1/s1. The van der Waals surface area contributed by atoms with Crippen LogP contribution in [0.4, 0.5) is 5.69 Å². The number of hydrogen-bond donors (Lipinski definition) is 0.